The van der Waals surface area contributed by atoms with Crippen LogP contribution in [0.25, 0.3) is 0 Å². The SMILES string of the molecule is CCCC(C)C(NN)C1CCCCC1. The molecule has 14 heavy (non-hydrogen) atoms. The van der Waals surface area contributed by atoms with E-state index >= 15 is 0 Å². The molecule has 0 saturated heterocycles. The Bertz CT molecular complexity index is 141. The van der Waals surface area contributed by atoms with E-state index in [4.69, 9.17) is 5.84 Å². The maximum absolute atomic E-state index is 5.68. The van der Waals surface area contributed by atoms with Crippen LogP contribution < -0.4 is 11.3 Å². The fourth-order valence-electron chi connectivity index (χ4n) is 2.89. The summed E-state index contributed by atoms with van der Waals surface area (Å²) in [5.74, 6) is 7.24. The zero-order valence-corrected chi connectivity index (χ0v) is 9.76. The van der Waals surface area contributed by atoms with Crippen molar-refractivity contribution < 1.29 is 0 Å². The van der Waals surface area contributed by atoms with Crippen molar-refractivity contribution in [1.29, 1.82) is 0 Å². The topological polar surface area (TPSA) is 38.0 Å². The minimum Gasteiger partial charge on any atom is -0.271 e. The Morgan fingerprint density at radius 2 is 1.93 bits per heavy atom. The van der Waals surface area contributed by atoms with Crippen LogP contribution in [0.2, 0.25) is 0 Å². The van der Waals surface area contributed by atoms with Crippen LogP contribution in [0, 0.1) is 11.8 Å². The zero-order valence-electron chi connectivity index (χ0n) is 9.76. The Kier molecular flexibility index (Phi) is 5.49. The van der Waals surface area contributed by atoms with E-state index in [-0.39, 0.29) is 0 Å². The van der Waals surface area contributed by atoms with Gasteiger partial charge < -0.3 is 0 Å². The van der Waals surface area contributed by atoms with E-state index in [1.165, 1.54) is 44.9 Å². The summed E-state index contributed by atoms with van der Waals surface area (Å²) >= 11 is 0. The van der Waals surface area contributed by atoms with Gasteiger partial charge in [0.15, 0.2) is 0 Å². The molecule has 1 fully saturated rings. The standard InChI is InChI=1S/C12H26N2/c1-3-7-10(2)12(14-13)11-8-5-4-6-9-11/h10-12,14H,3-9,13H2,1-2H3. The molecule has 0 aromatic carbocycles. The number of hydrogen-bond acceptors (Lipinski definition) is 2. The molecule has 84 valence electrons. The van der Waals surface area contributed by atoms with Crippen LogP contribution in [-0.4, -0.2) is 6.04 Å². The lowest BCUT2D eigenvalue weighted by atomic mass is 9.78. The molecule has 1 aliphatic rings. The van der Waals surface area contributed by atoms with Gasteiger partial charge in [0.2, 0.25) is 0 Å². The van der Waals surface area contributed by atoms with E-state index in [2.05, 4.69) is 19.3 Å². The Balaban J connectivity index is 2.41. The third-order valence-corrected chi connectivity index (χ3v) is 3.71. The minimum atomic E-state index is 0.551. The lowest BCUT2D eigenvalue weighted by molar-refractivity contribution is 0.208. The molecule has 0 aromatic heterocycles. The summed E-state index contributed by atoms with van der Waals surface area (Å²) in [4.78, 5) is 0. The molecule has 0 aliphatic heterocycles. The number of hydrazine groups is 1. The quantitative estimate of drug-likeness (QED) is 0.526. The molecular weight excluding hydrogens is 172 g/mol. The average Bonchev–Trinajstić information content (AvgIpc) is 2.21. The Hall–Kier alpha value is -0.0800. The molecule has 0 radical (unpaired) electrons. The Morgan fingerprint density at radius 3 is 2.43 bits per heavy atom. The van der Waals surface area contributed by atoms with Crippen LogP contribution in [0.15, 0.2) is 0 Å². The first-order valence-electron chi connectivity index (χ1n) is 6.25. The van der Waals surface area contributed by atoms with Crippen LogP contribution in [0.1, 0.15) is 58.8 Å². The molecule has 0 spiro atoms. The highest BCUT2D eigenvalue weighted by Crippen LogP contribution is 2.30. The van der Waals surface area contributed by atoms with E-state index < -0.39 is 0 Å². The van der Waals surface area contributed by atoms with Gasteiger partial charge in [0.05, 0.1) is 0 Å². The summed E-state index contributed by atoms with van der Waals surface area (Å²) in [5, 5.41) is 0. The molecule has 0 bridgehead atoms. The lowest BCUT2D eigenvalue weighted by Gasteiger charge is -2.33. The third-order valence-electron chi connectivity index (χ3n) is 3.71. The third kappa shape index (κ3) is 3.25. The van der Waals surface area contributed by atoms with Crippen LogP contribution in [0.5, 0.6) is 0 Å². The van der Waals surface area contributed by atoms with Crippen LogP contribution in [-0.2, 0) is 0 Å². The number of rotatable bonds is 5. The molecule has 2 atom stereocenters. The van der Waals surface area contributed by atoms with Gasteiger partial charge >= 0.3 is 0 Å². The molecule has 2 heteroatoms. The van der Waals surface area contributed by atoms with E-state index in [1.807, 2.05) is 0 Å². The van der Waals surface area contributed by atoms with Gasteiger partial charge in [0.1, 0.15) is 0 Å². The van der Waals surface area contributed by atoms with Crippen LogP contribution >= 0.6 is 0 Å². The molecule has 2 nitrogen and oxygen atoms in total. The van der Waals surface area contributed by atoms with Gasteiger partial charge in [0.25, 0.3) is 0 Å². The van der Waals surface area contributed by atoms with Crippen molar-refractivity contribution in [3.8, 4) is 0 Å². The van der Waals surface area contributed by atoms with E-state index in [1.54, 1.807) is 0 Å². The number of nitrogens with two attached hydrogens (primary N) is 1. The van der Waals surface area contributed by atoms with E-state index in [0.29, 0.717) is 6.04 Å². The predicted octanol–water partition coefficient (Wildman–Crippen LogP) is 2.83. The van der Waals surface area contributed by atoms with Gasteiger partial charge in [-0.2, -0.15) is 0 Å². The molecule has 3 N–H and O–H groups in total. The molecule has 0 aromatic rings. The van der Waals surface area contributed by atoms with E-state index in [9.17, 15) is 0 Å². The largest absolute Gasteiger partial charge is 0.271 e. The number of nitrogens with one attached hydrogen (secondary N) is 1. The molecule has 1 rings (SSSR count). The van der Waals surface area contributed by atoms with Crippen LogP contribution in [0.3, 0.4) is 0 Å². The first-order chi connectivity index (χ1) is 6.79. The molecule has 0 amide bonds. The zero-order chi connectivity index (χ0) is 10.4. The van der Waals surface area contributed by atoms with Gasteiger partial charge in [0, 0.05) is 6.04 Å². The van der Waals surface area contributed by atoms with Gasteiger partial charge in [-0.05, 0) is 31.1 Å². The van der Waals surface area contributed by atoms with Gasteiger partial charge in [-0.15, -0.1) is 0 Å². The molecule has 1 aliphatic carbocycles. The van der Waals surface area contributed by atoms with Crippen molar-refractivity contribution in [2.24, 2.45) is 17.7 Å². The second kappa shape index (κ2) is 6.41. The molecule has 0 heterocycles. The van der Waals surface area contributed by atoms with Crippen molar-refractivity contribution in [3.05, 3.63) is 0 Å². The van der Waals surface area contributed by atoms with Gasteiger partial charge in [-0.25, -0.2) is 0 Å². The second-order valence-corrected chi connectivity index (χ2v) is 4.86. The summed E-state index contributed by atoms with van der Waals surface area (Å²) in [6.45, 7) is 4.59. The van der Waals surface area contributed by atoms with Gasteiger partial charge in [-0.1, -0.05) is 39.5 Å². The van der Waals surface area contributed by atoms with Crippen molar-refractivity contribution in [1.82, 2.24) is 5.43 Å². The molecule has 1 saturated carbocycles. The highest BCUT2D eigenvalue weighted by atomic mass is 15.2. The summed E-state index contributed by atoms with van der Waals surface area (Å²) in [7, 11) is 0. The first-order valence-corrected chi connectivity index (χ1v) is 6.25. The summed E-state index contributed by atoms with van der Waals surface area (Å²) in [6, 6.07) is 0.551. The van der Waals surface area contributed by atoms with E-state index in [0.717, 1.165) is 11.8 Å². The van der Waals surface area contributed by atoms with Crippen molar-refractivity contribution in [2.75, 3.05) is 0 Å². The smallest absolute Gasteiger partial charge is 0.0264 e. The highest BCUT2D eigenvalue weighted by molar-refractivity contribution is 4.81. The maximum Gasteiger partial charge on any atom is 0.0264 e. The maximum atomic E-state index is 5.68. The van der Waals surface area contributed by atoms with Gasteiger partial charge in [-0.3, -0.25) is 11.3 Å². The highest BCUT2D eigenvalue weighted by Gasteiger charge is 2.26. The second-order valence-electron chi connectivity index (χ2n) is 4.86. The first kappa shape index (κ1) is 12.0. The molecule has 2 unspecified atom stereocenters. The summed E-state index contributed by atoms with van der Waals surface area (Å²) in [5.41, 5.74) is 3.06. The summed E-state index contributed by atoms with van der Waals surface area (Å²) < 4.78 is 0. The fraction of sp³-hybridized carbons (Fsp3) is 1.00. The Labute approximate surface area is 88.6 Å². The van der Waals surface area contributed by atoms with Crippen molar-refractivity contribution in [3.63, 3.8) is 0 Å². The minimum absolute atomic E-state index is 0.551. The lowest BCUT2D eigenvalue weighted by Crippen LogP contribution is -2.45. The van der Waals surface area contributed by atoms with Crippen molar-refractivity contribution in [2.45, 2.75) is 64.8 Å². The van der Waals surface area contributed by atoms with Crippen molar-refractivity contribution >= 4 is 0 Å². The molecular formula is C12H26N2. The predicted molar refractivity (Wildman–Crippen MR) is 61.8 cm³/mol. The normalized spacial score (nSPS) is 23.4. The monoisotopic (exact) mass is 198 g/mol. The average molecular weight is 198 g/mol. The fourth-order valence-corrected chi connectivity index (χ4v) is 2.89. The number of hydrogen-bond donors (Lipinski definition) is 2. The van der Waals surface area contributed by atoms with Crippen LogP contribution in [0.4, 0.5) is 0 Å². The summed E-state index contributed by atoms with van der Waals surface area (Å²) in [6.07, 6.45) is 9.56. The Morgan fingerprint density at radius 1 is 1.29 bits per heavy atom.